The number of nitrogens with zero attached hydrogens (tertiary/aromatic N) is 3. The lowest BCUT2D eigenvalue weighted by atomic mass is 10.3. The third-order valence-corrected chi connectivity index (χ3v) is 3.26. The number of hydrogen-bond donors (Lipinski definition) is 1. The maximum atomic E-state index is 5.11. The van der Waals surface area contributed by atoms with Gasteiger partial charge in [-0.25, -0.2) is 4.98 Å². The van der Waals surface area contributed by atoms with Gasteiger partial charge in [0.2, 0.25) is 5.95 Å². The van der Waals surface area contributed by atoms with E-state index in [1.165, 1.54) is 0 Å². The van der Waals surface area contributed by atoms with Crippen molar-refractivity contribution in [2.45, 2.75) is 33.7 Å². The van der Waals surface area contributed by atoms with E-state index in [0.29, 0.717) is 6.61 Å². The molecule has 0 saturated carbocycles. The van der Waals surface area contributed by atoms with Crippen LogP contribution in [0.4, 0.5) is 5.95 Å². The predicted octanol–water partition coefficient (Wildman–Crippen LogP) is 1.98. The molecule has 5 heteroatoms. The largest absolute Gasteiger partial charge is 0.383 e. The molecule has 0 spiro atoms. The number of anilines is 1. The van der Waals surface area contributed by atoms with E-state index >= 15 is 0 Å². The van der Waals surface area contributed by atoms with Gasteiger partial charge in [-0.15, -0.1) is 0 Å². The number of imidazole rings is 1. The highest BCUT2D eigenvalue weighted by Crippen LogP contribution is 2.08. The Bertz CT molecular complexity index is 347. The van der Waals surface area contributed by atoms with Crippen LogP contribution < -0.4 is 5.32 Å². The molecule has 1 rings (SSSR count). The zero-order valence-corrected chi connectivity index (χ0v) is 12.8. The average Bonchev–Trinajstić information content (AvgIpc) is 2.77. The number of ether oxygens (including phenoxy) is 1. The molecule has 1 aromatic heterocycles. The summed E-state index contributed by atoms with van der Waals surface area (Å²) in [6.45, 7) is 12.3. The topological polar surface area (TPSA) is 42.3 Å². The van der Waals surface area contributed by atoms with Crippen molar-refractivity contribution in [2.24, 2.45) is 0 Å². The van der Waals surface area contributed by atoms with Gasteiger partial charge in [-0.05, 0) is 33.0 Å². The molecule has 1 aromatic rings. The fourth-order valence-corrected chi connectivity index (χ4v) is 2.09. The Morgan fingerprint density at radius 1 is 1.37 bits per heavy atom. The Morgan fingerprint density at radius 2 is 2.11 bits per heavy atom. The molecule has 5 nitrogen and oxygen atoms in total. The van der Waals surface area contributed by atoms with Crippen LogP contribution in [0.5, 0.6) is 0 Å². The van der Waals surface area contributed by atoms with E-state index in [4.69, 9.17) is 4.74 Å². The lowest BCUT2D eigenvalue weighted by Crippen LogP contribution is -2.25. The Hall–Kier alpha value is -1.07. The fourth-order valence-electron chi connectivity index (χ4n) is 2.09. The quantitative estimate of drug-likeness (QED) is 0.659. The molecule has 1 heterocycles. The van der Waals surface area contributed by atoms with Crippen molar-refractivity contribution in [1.29, 1.82) is 0 Å². The molecular formula is C14H28N4O. The Balaban J connectivity index is 2.35. The van der Waals surface area contributed by atoms with Crippen molar-refractivity contribution >= 4 is 5.95 Å². The van der Waals surface area contributed by atoms with Crippen molar-refractivity contribution in [2.75, 3.05) is 45.2 Å². The zero-order chi connectivity index (χ0) is 14.1. The van der Waals surface area contributed by atoms with Crippen molar-refractivity contribution < 1.29 is 4.74 Å². The molecule has 0 amide bonds. The van der Waals surface area contributed by atoms with Crippen molar-refractivity contribution in [1.82, 2.24) is 14.5 Å². The van der Waals surface area contributed by atoms with Crippen LogP contribution in [0.2, 0.25) is 0 Å². The van der Waals surface area contributed by atoms with Crippen LogP contribution in [0.15, 0.2) is 6.20 Å². The summed E-state index contributed by atoms with van der Waals surface area (Å²) < 4.78 is 7.23. The molecule has 0 aliphatic heterocycles. The third-order valence-electron chi connectivity index (χ3n) is 3.26. The van der Waals surface area contributed by atoms with Crippen LogP contribution in [0.1, 0.15) is 26.0 Å². The van der Waals surface area contributed by atoms with Crippen LogP contribution in [-0.2, 0) is 11.3 Å². The van der Waals surface area contributed by atoms with Gasteiger partial charge < -0.3 is 19.5 Å². The number of nitrogens with one attached hydrogen (secondary N) is 1. The summed E-state index contributed by atoms with van der Waals surface area (Å²) in [6.07, 6.45) is 3.20. The highest BCUT2D eigenvalue weighted by Gasteiger charge is 2.05. The molecule has 0 fully saturated rings. The molecule has 0 aliphatic carbocycles. The van der Waals surface area contributed by atoms with Crippen molar-refractivity contribution in [3.05, 3.63) is 11.9 Å². The van der Waals surface area contributed by atoms with Gasteiger partial charge in [-0.3, -0.25) is 0 Å². The van der Waals surface area contributed by atoms with Gasteiger partial charge in [-0.2, -0.15) is 0 Å². The summed E-state index contributed by atoms with van der Waals surface area (Å²) in [5.41, 5.74) is 1.04. The van der Waals surface area contributed by atoms with E-state index in [1.54, 1.807) is 7.11 Å². The number of aryl methyl sites for hydroxylation is 1. The van der Waals surface area contributed by atoms with Crippen LogP contribution in [0.25, 0.3) is 0 Å². The smallest absolute Gasteiger partial charge is 0.203 e. The molecule has 0 radical (unpaired) electrons. The second-order valence-corrected chi connectivity index (χ2v) is 4.70. The molecule has 0 aliphatic rings. The van der Waals surface area contributed by atoms with Gasteiger partial charge in [0.05, 0.1) is 12.3 Å². The van der Waals surface area contributed by atoms with Crippen LogP contribution in [0, 0.1) is 6.92 Å². The Labute approximate surface area is 117 Å². The molecular weight excluding hydrogens is 240 g/mol. The molecule has 0 saturated heterocycles. The molecule has 110 valence electrons. The SMILES string of the molecule is CCN(CC)CCCNc1nc(C)cn1CCOC. The van der Waals surface area contributed by atoms with E-state index in [0.717, 1.165) is 50.8 Å². The summed E-state index contributed by atoms with van der Waals surface area (Å²) >= 11 is 0. The second-order valence-electron chi connectivity index (χ2n) is 4.70. The molecule has 0 aromatic carbocycles. The zero-order valence-electron chi connectivity index (χ0n) is 12.8. The fraction of sp³-hybridized carbons (Fsp3) is 0.786. The number of aromatic nitrogens is 2. The highest BCUT2D eigenvalue weighted by atomic mass is 16.5. The second kappa shape index (κ2) is 8.93. The summed E-state index contributed by atoms with van der Waals surface area (Å²) in [7, 11) is 1.72. The normalized spacial score (nSPS) is 11.2. The molecule has 1 N–H and O–H groups in total. The number of rotatable bonds is 10. The molecule has 0 bridgehead atoms. The van der Waals surface area contributed by atoms with Gasteiger partial charge in [0.15, 0.2) is 0 Å². The minimum absolute atomic E-state index is 0.712. The van der Waals surface area contributed by atoms with Gasteiger partial charge in [0.25, 0.3) is 0 Å². The molecule has 0 atom stereocenters. The highest BCUT2D eigenvalue weighted by molar-refractivity contribution is 5.28. The summed E-state index contributed by atoms with van der Waals surface area (Å²) in [5.74, 6) is 0.953. The average molecular weight is 268 g/mol. The van der Waals surface area contributed by atoms with Crippen molar-refractivity contribution in [3.63, 3.8) is 0 Å². The third kappa shape index (κ3) is 5.61. The first kappa shape index (κ1) is 16.0. The standard InChI is InChI=1S/C14H28N4O/c1-5-17(6-2)9-7-8-15-14-16-13(3)12-18(14)10-11-19-4/h12H,5-11H2,1-4H3,(H,15,16). The maximum Gasteiger partial charge on any atom is 0.203 e. The lowest BCUT2D eigenvalue weighted by molar-refractivity contribution is 0.187. The van der Waals surface area contributed by atoms with Crippen LogP contribution in [0.3, 0.4) is 0 Å². The first-order chi connectivity index (χ1) is 9.21. The first-order valence-corrected chi connectivity index (χ1v) is 7.20. The van der Waals surface area contributed by atoms with E-state index in [-0.39, 0.29) is 0 Å². The summed E-state index contributed by atoms with van der Waals surface area (Å²) in [4.78, 5) is 6.94. The van der Waals surface area contributed by atoms with E-state index < -0.39 is 0 Å². The predicted molar refractivity (Wildman–Crippen MR) is 79.7 cm³/mol. The maximum absolute atomic E-state index is 5.11. The number of hydrogen-bond acceptors (Lipinski definition) is 4. The van der Waals surface area contributed by atoms with Gasteiger partial charge >= 0.3 is 0 Å². The van der Waals surface area contributed by atoms with Gasteiger partial charge in [0, 0.05) is 26.4 Å². The Kier molecular flexibility index (Phi) is 7.52. The van der Waals surface area contributed by atoms with E-state index in [9.17, 15) is 0 Å². The van der Waals surface area contributed by atoms with E-state index in [2.05, 4.69) is 39.8 Å². The van der Waals surface area contributed by atoms with E-state index in [1.807, 2.05) is 6.92 Å². The van der Waals surface area contributed by atoms with Crippen LogP contribution in [-0.4, -0.2) is 54.3 Å². The van der Waals surface area contributed by atoms with Gasteiger partial charge in [0.1, 0.15) is 0 Å². The minimum Gasteiger partial charge on any atom is -0.383 e. The van der Waals surface area contributed by atoms with Crippen molar-refractivity contribution in [3.8, 4) is 0 Å². The van der Waals surface area contributed by atoms with Crippen LogP contribution >= 0.6 is 0 Å². The molecule has 0 unspecified atom stereocenters. The number of methoxy groups -OCH3 is 1. The summed E-state index contributed by atoms with van der Waals surface area (Å²) in [6, 6.07) is 0. The van der Waals surface area contributed by atoms with Gasteiger partial charge in [-0.1, -0.05) is 13.8 Å². The monoisotopic (exact) mass is 268 g/mol. The molecule has 19 heavy (non-hydrogen) atoms. The summed E-state index contributed by atoms with van der Waals surface area (Å²) in [5, 5.41) is 3.42. The first-order valence-electron chi connectivity index (χ1n) is 7.20. The Morgan fingerprint density at radius 3 is 2.74 bits per heavy atom. The minimum atomic E-state index is 0.712. The lowest BCUT2D eigenvalue weighted by Gasteiger charge is -2.18.